The molecule has 0 aliphatic carbocycles. The van der Waals surface area contributed by atoms with Gasteiger partial charge in [0.1, 0.15) is 13.2 Å². The number of benzene rings is 2. The molecule has 2 aliphatic rings. The van der Waals surface area contributed by atoms with Gasteiger partial charge in [0.25, 0.3) is 5.56 Å². The molecule has 1 amide bonds. The predicted molar refractivity (Wildman–Crippen MR) is 152 cm³/mol. The second-order valence-corrected chi connectivity index (χ2v) is 11.8. The molecule has 5 rings (SSSR count). The summed E-state index contributed by atoms with van der Waals surface area (Å²) in [5, 5.41) is 11.3. The summed E-state index contributed by atoms with van der Waals surface area (Å²) in [6.07, 6.45) is 0.574. The van der Waals surface area contributed by atoms with Gasteiger partial charge in [0.2, 0.25) is 0 Å². The topological polar surface area (TPSA) is 84.2 Å². The van der Waals surface area contributed by atoms with Crippen molar-refractivity contribution in [3.63, 3.8) is 0 Å². The molecular weight excluding hydrogens is 494 g/mol. The molecule has 39 heavy (non-hydrogen) atoms. The van der Waals surface area contributed by atoms with Crippen LogP contribution in [0.4, 0.5) is 4.79 Å². The van der Waals surface area contributed by atoms with Gasteiger partial charge in [-0.3, -0.25) is 9.69 Å². The lowest BCUT2D eigenvalue weighted by molar-refractivity contribution is 0.0131. The maximum Gasteiger partial charge on any atom is 0.407 e. The van der Waals surface area contributed by atoms with Crippen LogP contribution in [0.3, 0.4) is 0 Å². The fourth-order valence-corrected chi connectivity index (χ4v) is 6.18. The Labute approximate surface area is 229 Å². The number of para-hydroxylation sites is 1. The minimum absolute atomic E-state index is 0.00970. The highest BCUT2D eigenvalue weighted by Gasteiger charge is 2.39. The van der Waals surface area contributed by atoms with Crippen LogP contribution in [0.2, 0.25) is 0 Å². The van der Waals surface area contributed by atoms with Crippen molar-refractivity contribution < 1.29 is 19.4 Å². The summed E-state index contributed by atoms with van der Waals surface area (Å²) >= 11 is 0. The van der Waals surface area contributed by atoms with E-state index in [4.69, 9.17) is 9.47 Å². The molecule has 0 saturated carbocycles. The Bertz CT molecular complexity index is 1410. The number of carbonyl (C=O) groups is 1. The van der Waals surface area contributed by atoms with Gasteiger partial charge in [-0.15, -0.1) is 0 Å². The number of aryl methyl sites for hydroxylation is 1. The molecule has 2 aromatic carbocycles. The zero-order valence-corrected chi connectivity index (χ0v) is 23.4. The molecule has 1 N–H and O–H groups in total. The molecule has 2 aliphatic heterocycles. The molecule has 2 unspecified atom stereocenters. The Morgan fingerprint density at radius 2 is 1.82 bits per heavy atom. The highest BCUT2D eigenvalue weighted by molar-refractivity contribution is 5.82. The number of carboxylic acid groups (broad SMARTS) is 1. The van der Waals surface area contributed by atoms with Crippen LogP contribution in [0, 0.1) is 12.3 Å². The maximum absolute atomic E-state index is 12.9. The minimum atomic E-state index is -0.909. The van der Waals surface area contributed by atoms with Crippen LogP contribution in [0.1, 0.15) is 44.7 Å². The molecule has 1 fully saturated rings. The molecule has 0 spiro atoms. The Kier molecular flexibility index (Phi) is 7.58. The van der Waals surface area contributed by atoms with E-state index in [0.717, 1.165) is 48.0 Å². The molecule has 1 saturated heterocycles. The number of piperidine rings is 1. The molecule has 0 radical (unpaired) electrons. The number of amides is 1. The SMILES string of the molecule is Cc1cccc2ccc(=O)n(CCN3CCC(N(Cc4ccc5c(c4)OCCO5)C(=O)O)CC3C(C)(C)C)c12. The van der Waals surface area contributed by atoms with Gasteiger partial charge in [-0.2, -0.15) is 0 Å². The maximum atomic E-state index is 12.9. The van der Waals surface area contributed by atoms with Crippen LogP contribution in [0.15, 0.2) is 53.3 Å². The number of hydrogen-bond donors (Lipinski definition) is 1. The van der Waals surface area contributed by atoms with Gasteiger partial charge in [-0.25, -0.2) is 4.79 Å². The monoisotopic (exact) mass is 533 g/mol. The average Bonchev–Trinajstić information content (AvgIpc) is 2.90. The standard InChI is InChI=1S/C31H39N3O5/c1-21-6-5-7-23-9-11-28(35)33(29(21)23)15-14-32-13-12-24(19-27(32)31(2,3)4)34(30(36)37)20-22-8-10-25-26(18-22)39-17-16-38-25/h5-11,18,24,27H,12-17,19-20H2,1-4H3,(H,36,37). The van der Waals surface area contributed by atoms with Crippen molar-refractivity contribution >= 4 is 17.0 Å². The van der Waals surface area contributed by atoms with Crippen LogP contribution < -0.4 is 15.0 Å². The summed E-state index contributed by atoms with van der Waals surface area (Å²) in [5.41, 5.74) is 2.92. The quantitative estimate of drug-likeness (QED) is 0.472. The molecular formula is C31H39N3O5. The van der Waals surface area contributed by atoms with Crippen molar-refractivity contribution in [2.24, 2.45) is 5.41 Å². The fraction of sp³-hybridized carbons (Fsp3) is 0.484. The predicted octanol–water partition coefficient (Wildman–Crippen LogP) is 5.14. The van der Waals surface area contributed by atoms with Crippen molar-refractivity contribution in [2.75, 3.05) is 26.3 Å². The summed E-state index contributed by atoms with van der Waals surface area (Å²) in [6.45, 7) is 12.1. The van der Waals surface area contributed by atoms with Crippen LogP contribution in [-0.4, -0.2) is 64.0 Å². The van der Waals surface area contributed by atoms with Crippen LogP contribution in [-0.2, 0) is 13.1 Å². The van der Waals surface area contributed by atoms with Gasteiger partial charge < -0.3 is 24.0 Å². The summed E-state index contributed by atoms with van der Waals surface area (Å²) in [4.78, 5) is 29.4. The normalized spacial score (nSPS) is 19.7. The molecule has 1 aromatic heterocycles. The smallest absolute Gasteiger partial charge is 0.407 e. The van der Waals surface area contributed by atoms with Crippen LogP contribution in [0.25, 0.3) is 10.9 Å². The first-order valence-electron chi connectivity index (χ1n) is 13.8. The van der Waals surface area contributed by atoms with Gasteiger partial charge in [0.15, 0.2) is 11.5 Å². The van der Waals surface area contributed by atoms with Crippen LogP contribution >= 0.6 is 0 Å². The minimum Gasteiger partial charge on any atom is -0.486 e. The lowest BCUT2D eigenvalue weighted by Crippen LogP contribution is -2.55. The van der Waals surface area contributed by atoms with E-state index < -0.39 is 6.09 Å². The van der Waals surface area contributed by atoms with E-state index in [1.165, 1.54) is 0 Å². The van der Waals surface area contributed by atoms with E-state index in [0.29, 0.717) is 37.8 Å². The van der Waals surface area contributed by atoms with E-state index in [-0.39, 0.29) is 23.1 Å². The number of nitrogens with zero attached hydrogens (tertiary/aromatic N) is 3. The van der Waals surface area contributed by atoms with Crippen molar-refractivity contribution in [3.05, 3.63) is 70.0 Å². The van der Waals surface area contributed by atoms with E-state index in [1.54, 1.807) is 11.0 Å². The molecule has 0 bridgehead atoms. The van der Waals surface area contributed by atoms with E-state index in [1.807, 2.05) is 54.0 Å². The Morgan fingerprint density at radius 1 is 1.05 bits per heavy atom. The van der Waals surface area contributed by atoms with Gasteiger partial charge in [-0.1, -0.05) is 45.0 Å². The molecule has 208 valence electrons. The summed E-state index contributed by atoms with van der Waals surface area (Å²) < 4.78 is 13.2. The van der Waals surface area contributed by atoms with Crippen molar-refractivity contribution in [1.82, 2.24) is 14.4 Å². The van der Waals surface area contributed by atoms with Crippen molar-refractivity contribution in [3.8, 4) is 11.5 Å². The molecule has 3 aromatic rings. The first-order chi connectivity index (χ1) is 18.6. The van der Waals surface area contributed by atoms with Gasteiger partial charge >= 0.3 is 6.09 Å². The zero-order valence-electron chi connectivity index (χ0n) is 23.4. The summed E-state index contributed by atoms with van der Waals surface area (Å²) in [5.74, 6) is 1.37. The third-order valence-electron chi connectivity index (χ3n) is 8.15. The fourth-order valence-electron chi connectivity index (χ4n) is 6.18. The summed E-state index contributed by atoms with van der Waals surface area (Å²) in [6, 6.07) is 15.4. The van der Waals surface area contributed by atoms with Crippen molar-refractivity contribution in [1.29, 1.82) is 0 Å². The molecule has 8 heteroatoms. The number of hydrogen-bond acceptors (Lipinski definition) is 5. The lowest BCUT2D eigenvalue weighted by atomic mass is 9.78. The second kappa shape index (κ2) is 10.9. The third-order valence-corrected chi connectivity index (χ3v) is 8.15. The lowest BCUT2D eigenvalue weighted by Gasteiger charge is -2.48. The average molecular weight is 534 g/mol. The van der Waals surface area contributed by atoms with Crippen molar-refractivity contribution in [2.45, 2.75) is 65.7 Å². The third kappa shape index (κ3) is 5.76. The number of pyridine rings is 1. The zero-order chi connectivity index (χ0) is 27.7. The Hall–Kier alpha value is -3.52. The molecule has 3 heterocycles. The Morgan fingerprint density at radius 3 is 2.56 bits per heavy atom. The summed E-state index contributed by atoms with van der Waals surface area (Å²) in [7, 11) is 0. The molecule has 8 nitrogen and oxygen atoms in total. The second-order valence-electron chi connectivity index (χ2n) is 11.8. The highest BCUT2D eigenvalue weighted by Crippen LogP contribution is 2.35. The number of aromatic nitrogens is 1. The van der Waals surface area contributed by atoms with Gasteiger partial charge in [0, 0.05) is 44.3 Å². The number of likely N-dealkylation sites (tertiary alicyclic amines) is 1. The number of ether oxygens (including phenoxy) is 2. The first kappa shape index (κ1) is 27.1. The first-order valence-corrected chi connectivity index (χ1v) is 13.8. The highest BCUT2D eigenvalue weighted by atomic mass is 16.6. The Balaban J connectivity index is 1.33. The number of fused-ring (bicyclic) bond motifs is 2. The molecule has 2 atom stereocenters. The van der Waals surface area contributed by atoms with E-state index >= 15 is 0 Å². The van der Waals surface area contributed by atoms with Gasteiger partial charge in [0.05, 0.1) is 5.52 Å². The van der Waals surface area contributed by atoms with Gasteiger partial charge in [-0.05, 0) is 59.9 Å². The van der Waals surface area contributed by atoms with E-state index in [9.17, 15) is 14.7 Å². The number of rotatable bonds is 6. The largest absolute Gasteiger partial charge is 0.486 e. The van der Waals surface area contributed by atoms with E-state index in [2.05, 4.69) is 25.7 Å². The van der Waals surface area contributed by atoms with Crippen LogP contribution in [0.5, 0.6) is 11.5 Å².